The van der Waals surface area contributed by atoms with E-state index in [9.17, 15) is 53.3 Å². The minimum absolute atomic E-state index is 0. The van der Waals surface area contributed by atoms with Crippen LogP contribution in [0.3, 0.4) is 0 Å². The molecule has 0 radical (unpaired) electrons. The summed E-state index contributed by atoms with van der Waals surface area (Å²) in [5.74, 6) is 0.158. The summed E-state index contributed by atoms with van der Waals surface area (Å²) in [6, 6.07) is 15.8. The summed E-state index contributed by atoms with van der Waals surface area (Å²) in [4.78, 5) is 31.5. The molecule has 4 rings (SSSR count). The second kappa shape index (κ2) is 50.5. The van der Waals surface area contributed by atoms with Gasteiger partial charge >= 0.3 is 179 Å². The molecule has 442 valence electrons. The number of carbonyl (C=O) groups is 2. The van der Waals surface area contributed by atoms with Crippen molar-refractivity contribution in [3.05, 3.63) is 123 Å². The molecule has 0 bridgehead atoms. The number of halogens is 14. The third-order valence-corrected chi connectivity index (χ3v) is 13.0. The number of nitrogens with zero attached hydrogens (tertiary/aromatic N) is 8. The number of hydrogen-bond donors (Lipinski definition) is 2. The molecule has 0 aliphatic heterocycles. The van der Waals surface area contributed by atoms with Crippen LogP contribution in [0.2, 0.25) is 0 Å². The number of nitrogens with two attached hydrogens (primary N) is 1. The standard InChI is InChI=1S/C10H11IO4.C9H8F3N3OS.C9H8F3N3S.C8H8F3NS.CH2N2.3ClH.IO4.H3N.Na.2H2O.H3P.Ru/c1-8(12)14-11(15-9(2)13)10-6-4-3-5-7-10;1-17(16,15-6-13)5-7-2-3-8(14-4-7)9(10,11)12;1-16(15-6-13)5-7-2-3-8(14-4-7)9(10,11)12;1-13-5-6-2-3-7(12-4-6)8(9,10)11;2-1-3;;;;2-1(3,4)5;;;;;;/h3-7H,1-2H3;2-4H,5H2,1H3;2-4H,5H2,1H3;2-4H,5H2,1H3;2H2;3*1H;;1H3;;2*1H2;1H3;/q;;;;;;;;-1;;+1;;;;+2/p-3. The molecule has 9 N–H and O–H groups in total. The van der Waals surface area contributed by atoms with Crippen LogP contribution in [0.5, 0.6) is 0 Å². The van der Waals surface area contributed by atoms with Gasteiger partial charge in [0.05, 0.1) is 15.5 Å². The van der Waals surface area contributed by atoms with Crippen LogP contribution < -0.4 is 87.7 Å². The van der Waals surface area contributed by atoms with Crippen molar-refractivity contribution >= 4 is 94.1 Å². The molecule has 0 spiro atoms. The molecule has 1 aromatic carbocycles. The molecule has 21 nitrogen and oxygen atoms in total. The van der Waals surface area contributed by atoms with E-state index < -0.39 is 109 Å². The first-order valence-corrected chi connectivity index (χ1v) is 33.8. The molecular weight excluding hydrogens is 1540 g/mol. The number of pyridine rings is 3. The third-order valence-electron chi connectivity index (χ3n) is 6.17. The molecule has 0 fully saturated rings. The number of hydrogen-bond acceptors (Lipinski definition) is 20. The second-order valence-corrected chi connectivity index (χ2v) is 25.1. The van der Waals surface area contributed by atoms with E-state index >= 15 is 0 Å². The Hall–Kier alpha value is -2.20. The van der Waals surface area contributed by atoms with E-state index in [-0.39, 0.29) is 89.9 Å². The first-order valence-electron chi connectivity index (χ1n) is 17.7. The maximum absolute atomic E-state index is 12.2. The fraction of sp³-hybridized carbons (Fsp3) is 0.297. The predicted molar refractivity (Wildman–Crippen MR) is 263 cm³/mol. The van der Waals surface area contributed by atoms with E-state index in [0.29, 0.717) is 22.6 Å². The molecule has 78 heavy (non-hydrogen) atoms. The van der Waals surface area contributed by atoms with Crippen molar-refractivity contribution in [2.75, 3.05) is 18.8 Å². The van der Waals surface area contributed by atoms with E-state index in [2.05, 4.69) is 29.4 Å². The average Bonchev–Trinajstić information content (AvgIpc) is 3.24. The molecule has 3 unspecified atom stereocenters. The molecule has 0 saturated heterocycles. The number of nitriles is 3. The van der Waals surface area contributed by atoms with Gasteiger partial charge in [0.1, 0.15) is 37.2 Å². The van der Waals surface area contributed by atoms with Gasteiger partial charge in [0.2, 0.25) is 12.4 Å². The van der Waals surface area contributed by atoms with Crippen LogP contribution in [-0.4, -0.2) is 60.8 Å². The summed E-state index contributed by atoms with van der Waals surface area (Å²) in [6.07, 6.45) is -0.627. The SMILES string of the molecule is CC(=O)OI(OC(C)=O)c1ccccc1.CS(=O)(Cc1ccc(C(F)(F)F)nc1)=NC#N.CS(Cc1ccc(C(F)(F)F)nc1)=NC#N.CSCc1ccc(C(F)(F)F)nc1.N.N#CN.O.O.P.[Cl-].[Cl][Ru][Cl].[Na+].[O-][I+3]([O-])([O-])[O-]. The second-order valence-electron chi connectivity index (χ2n) is 12.0. The normalized spacial score (nSPS) is 11.1. The molecule has 3 heterocycles. The average molecular weight is 1590 g/mol. The molecule has 41 heteroatoms. The van der Waals surface area contributed by atoms with Crippen molar-refractivity contribution in [1.29, 1.82) is 15.8 Å². The van der Waals surface area contributed by atoms with E-state index in [1.165, 1.54) is 63.1 Å². The number of aromatic nitrogens is 3. The van der Waals surface area contributed by atoms with Crippen molar-refractivity contribution in [1.82, 2.24) is 21.1 Å². The van der Waals surface area contributed by atoms with Crippen LogP contribution in [0, 0.1) is 37.9 Å². The summed E-state index contributed by atoms with van der Waals surface area (Å²) in [6.45, 7) is 2.60. The Morgan fingerprint density at radius 3 is 1.38 bits per heavy atom. The molecule has 3 atom stereocenters. The number of carbonyl (C=O) groups excluding carboxylic acids is 2. The molecule has 0 aliphatic rings. The van der Waals surface area contributed by atoms with Crippen molar-refractivity contribution in [2.45, 2.75) is 49.6 Å². The van der Waals surface area contributed by atoms with Gasteiger partial charge in [-0.25, -0.2) is 4.21 Å². The first kappa shape index (κ1) is 95.0. The summed E-state index contributed by atoms with van der Waals surface area (Å²) in [5, 5.41) is 23.7. The maximum Gasteiger partial charge on any atom is 1.00 e. The maximum atomic E-state index is 12.2. The van der Waals surface area contributed by atoms with Crippen molar-refractivity contribution in [3.63, 3.8) is 0 Å². The van der Waals surface area contributed by atoms with Crippen molar-refractivity contribution in [2.24, 2.45) is 14.5 Å². The van der Waals surface area contributed by atoms with E-state index in [4.69, 9.17) is 55.0 Å². The van der Waals surface area contributed by atoms with Crippen LogP contribution in [-0.2, 0) is 87.1 Å². The van der Waals surface area contributed by atoms with Gasteiger partial charge in [-0.15, -0.1) is 4.36 Å². The zero-order chi connectivity index (χ0) is 56.4. The number of benzene rings is 1. The Bertz CT molecular complexity index is 2510. The predicted octanol–water partition coefficient (Wildman–Crippen LogP) is -4.40. The Morgan fingerprint density at radius 1 is 0.782 bits per heavy atom. The Morgan fingerprint density at radius 2 is 1.12 bits per heavy atom. The Kier molecular flexibility index (Phi) is 61.6. The molecule has 4 aromatic rings. The van der Waals surface area contributed by atoms with Crippen LogP contribution in [0.15, 0.2) is 94.0 Å². The van der Waals surface area contributed by atoms with E-state index in [1.807, 2.05) is 24.5 Å². The van der Waals surface area contributed by atoms with Gasteiger partial charge in [0, 0.05) is 36.4 Å². The molecule has 0 saturated carbocycles. The monoisotopic (exact) mass is 1590 g/mol. The topological polar surface area (TPSA) is 421 Å². The van der Waals surface area contributed by atoms with Gasteiger partial charge < -0.3 is 35.2 Å². The van der Waals surface area contributed by atoms with Crippen molar-refractivity contribution in [3.8, 4) is 18.6 Å². The molecule has 3 aromatic heterocycles. The van der Waals surface area contributed by atoms with Crippen LogP contribution >= 0.6 is 61.7 Å². The van der Waals surface area contributed by atoms with Crippen LogP contribution in [0.4, 0.5) is 39.5 Å². The smallest absolute Gasteiger partial charge is 0.286 e. The third kappa shape index (κ3) is 54.4. The Labute approximate surface area is 511 Å². The summed E-state index contributed by atoms with van der Waals surface area (Å²) in [5.41, 5.74) is 3.17. The van der Waals surface area contributed by atoms with Gasteiger partial charge in [-0.3, -0.25) is 28.7 Å². The number of rotatable bonds is 9. The van der Waals surface area contributed by atoms with Gasteiger partial charge in [-0.1, -0.05) is 28.9 Å². The number of alkyl halides is 9. The van der Waals surface area contributed by atoms with E-state index in [1.54, 1.807) is 36.3 Å². The fourth-order valence-corrected chi connectivity index (χ4v) is 8.91. The molecule has 0 amide bonds. The summed E-state index contributed by atoms with van der Waals surface area (Å²) < 4.78 is 173. The van der Waals surface area contributed by atoms with Crippen LogP contribution in [0.25, 0.3) is 0 Å². The van der Waals surface area contributed by atoms with Crippen LogP contribution in [0.1, 0.15) is 47.6 Å². The minimum atomic E-state index is -5.94. The van der Waals surface area contributed by atoms with Crippen molar-refractivity contribution < 1.29 is 161 Å². The zero-order valence-corrected chi connectivity index (χ0v) is 55.0. The quantitative estimate of drug-likeness (QED) is 0.0399. The molecular formula is C37H47Cl3F9I2N10NaO11PRuS3-. The largest absolute Gasteiger partial charge is 1.00 e. The Balaban J connectivity index is -0.000000107. The molecule has 0 aliphatic carbocycles. The fourth-order valence-electron chi connectivity index (χ4n) is 3.79. The minimum Gasteiger partial charge on any atom is -0.286 e. The number of thioether (sulfide) groups is 1. The summed E-state index contributed by atoms with van der Waals surface area (Å²) >= 11 is -7.33. The van der Waals surface area contributed by atoms with Gasteiger partial charge in [0.15, 0.2) is 6.19 Å². The zero-order valence-electron chi connectivity index (χ0n) is 40.8. The van der Waals surface area contributed by atoms with Gasteiger partial charge in [-0.05, 0) is 47.4 Å². The van der Waals surface area contributed by atoms with E-state index in [0.717, 1.165) is 33.5 Å². The van der Waals surface area contributed by atoms with Gasteiger partial charge in [0.25, 0.3) is 0 Å². The summed E-state index contributed by atoms with van der Waals surface area (Å²) in [7, 11) is 6.46. The first-order chi connectivity index (χ1) is 33.1. The van der Waals surface area contributed by atoms with Gasteiger partial charge in [-0.2, -0.15) is 81.3 Å².